The molecule has 0 aliphatic carbocycles. The van der Waals surface area contributed by atoms with Gasteiger partial charge in [-0.05, 0) is 48.0 Å². The van der Waals surface area contributed by atoms with Crippen LogP contribution in [0, 0.1) is 0 Å². The summed E-state index contributed by atoms with van der Waals surface area (Å²) < 4.78 is 18.9. The first-order chi connectivity index (χ1) is 19.0. The van der Waals surface area contributed by atoms with E-state index in [1.165, 1.54) is 6.26 Å². The topological polar surface area (TPSA) is 91.1 Å². The Balaban J connectivity index is 1.30. The summed E-state index contributed by atoms with van der Waals surface area (Å²) in [5.41, 5.74) is 2.15. The Kier molecular flexibility index (Phi) is 6.58. The minimum absolute atomic E-state index is 0.200. The molecule has 4 aromatic rings. The molecule has 0 spiro atoms. The molecule has 0 N–H and O–H groups in total. The number of carbonyl (C=O) groups excluding carboxylic acids is 3. The van der Waals surface area contributed by atoms with E-state index >= 15 is 0 Å². The van der Waals surface area contributed by atoms with Gasteiger partial charge >= 0.3 is 0 Å². The fourth-order valence-electron chi connectivity index (χ4n) is 4.97. The Morgan fingerprint density at radius 3 is 2.18 bits per heavy atom. The summed E-state index contributed by atoms with van der Waals surface area (Å²) in [7, 11) is -1.60. The zero-order valence-corrected chi connectivity index (χ0v) is 21.8. The van der Waals surface area contributed by atoms with Crippen LogP contribution in [0.5, 0.6) is 0 Å². The summed E-state index contributed by atoms with van der Waals surface area (Å²) in [5.74, 6) is -0.398. The van der Waals surface area contributed by atoms with Crippen molar-refractivity contribution in [1.29, 1.82) is 0 Å². The van der Waals surface area contributed by atoms with Crippen molar-refractivity contribution in [2.45, 2.75) is 16.3 Å². The number of carbonyl (C=O) groups is 3. The van der Waals surface area contributed by atoms with E-state index in [4.69, 9.17) is 4.42 Å². The number of fused-ring (bicyclic) bond motifs is 2. The second-order valence-electron chi connectivity index (χ2n) is 9.39. The van der Waals surface area contributed by atoms with E-state index in [9.17, 15) is 18.6 Å². The van der Waals surface area contributed by atoms with Gasteiger partial charge < -0.3 is 19.1 Å². The van der Waals surface area contributed by atoms with Crippen LogP contribution < -0.4 is 4.90 Å². The van der Waals surface area contributed by atoms with E-state index in [-0.39, 0.29) is 30.0 Å². The summed E-state index contributed by atoms with van der Waals surface area (Å²) >= 11 is 0. The van der Waals surface area contributed by atoms with Crippen molar-refractivity contribution >= 4 is 34.2 Å². The molecular weight excluding hydrogens is 514 g/mol. The highest BCUT2D eigenvalue weighted by atomic mass is 32.2. The maximum Gasteiger partial charge on any atom is 0.289 e. The molecule has 2 aliphatic rings. The summed E-state index contributed by atoms with van der Waals surface area (Å²) in [6.07, 6.45) is 1.46. The van der Waals surface area contributed by atoms with Gasteiger partial charge in [-0.3, -0.25) is 14.4 Å². The minimum atomic E-state index is -1.60. The number of amides is 3. The van der Waals surface area contributed by atoms with Crippen molar-refractivity contribution in [3.8, 4) is 0 Å². The van der Waals surface area contributed by atoms with Gasteiger partial charge in [-0.1, -0.05) is 42.5 Å². The SMILES string of the molecule is O=C(c1ccc2c(c1)N(Cc1ccccc1)C(=O)c1ccccc1[S@]2=O)N1CCN(C(=O)c2ccco2)CC1. The first kappa shape index (κ1) is 24.8. The minimum Gasteiger partial charge on any atom is -0.459 e. The largest absolute Gasteiger partial charge is 0.459 e. The summed E-state index contributed by atoms with van der Waals surface area (Å²) in [4.78, 5) is 45.8. The van der Waals surface area contributed by atoms with Gasteiger partial charge in [0.05, 0.1) is 44.6 Å². The highest BCUT2D eigenvalue weighted by Gasteiger charge is 2.33. The molecule has 2 aliphatic heterocycles. The number of nitrogens with zero attached hydrogens (tertiary/aromatic N) is 3. The van der Waals surface area contributed by atoms with Gasteiger partial charge in [-0.2, -0.15) is 0 Å². The third-order valence-electron chi connectivity index (χ3n) is 7.03. The van der Waals surface area contributed by atoms with Crippen LogP contribution in [0.15, 0.2) is 105 Å². The van der Waals surface area contributed by atoms with E-state index in [0.29, 0.717) is 52.8 Å². The van der Waals surface area contributed by atoms with Gasteiger partial charge in [-0.25, -0.2) is 4.21 Å². The van der Waals surface area contributed by atoms with Crippen LogP contribution >= 0.6 is 0 Å². The number of furan rings is 1. The first-order valence-electron chi connectivity index (χ1n) is 12.6. The van der Waals surface area contributed by atoms with Crippen molar-refractivity contribution in [3.63, 3.8) is 0 Å². The number of anilines is 1. The predicted octanol–water partition coefficient (Wildman–Crippen LogP) is 4.20. The predicted molar refractivity (Wildman–Crippen MR) is 145 cm³/mol. The van der Waals surface area contributed by atoms with Crippen LogP contribution in [0.3, 0.4) is 0 Å². The Morgan fingerprint density at radius 2 is 1.46 bits per heavy atom. The first-order valence-corrected chi connectivity index (χ1v) is 13.8. The normalized spacial score (nSPS) is 16.9. The smallest absolute Gasteiger partial charge is 0.289 e. The molecule has 0 bridgehead atoms. The fourth-order valence-corrected chi connectivity index (χ4v) is 6.32. The van der Waals surface area contributed by atoms with Gasteiger partial charge in [0.25, 0.3) is 17.7 Å². The van der Waals surface area contributed by atoms with Crippen molar-refractivity contribution in [3.05, 3.63) is 114 Å². The number of rotatable bonds is 4. The maximum absolute atomic E-state index is 13.8. The summed E-state index contributed by atoms with van der Waals surface area (Å²) in [5, 5.41) is 0. The van der Waals surface area contributed by atoms with Crippen LogP contribution in [0.2, 0.25) is 0 Å². The zero-order chi connectivity index (χ0) is 26.9. The summed E-state index contributed by atoms with van der Waals surface area (Å²) in [6, 6.07) is 24.8. The number of piperazine rings is 1. The standard InChI is InChI=1S/C30H25N3O5S/c34-28(31-14-16-32(17-15-31)30(36)25-10-6-18-38-25)22-12-13-27-24(19-22)33(20-21-7-2-1-3-8-21)29(35)23-9-4-5-11-26(23)39(27)37/h1-13,18-19H,14-17,20H2/t39-/m1/s1. The maximum atomic E-state index is 13.8. The fraction of sp³-hybridized carbons (Fsp3) is 0.167. The van der Waals surface area contributed by atoms with Crippen LogP contribution in [-0.2, 0) is 17.3 Å². The average Bonchev–Trinajstić information content (AvgIpc) is 3.52. The molecule has 1 atom stereocenters. The Morgan fingerprint density at radius 1 is 0.769 bits per heavy atom. The number of benzene rings is 3. The molecule has 3 amide bonds. The second-order valence-corrected chi connectivity index (χ2v) is 10.8. The average molecular weight is 540 g/mol. The molecule has 0 radical (unpaired) electrons. The Bertz CT molecular complexity index is 1580. The zero-order valence-electron chi connectivity index (χ0n) is 21.0. The lowest BCUT2D eigenvalue weighted by atomic mass is 10.1. The van der Waals surface area contributed by atoms with Gasteiger partial charge in [0.1, 0.15) is 0 Å². The van der Waals surface area contributed by atoms with Gasteiger partial charge in [-0.15, -0.1) is 0 Å². The number of hydrogen-bond acceptors (Lipinski definition) is 5. The third kappa shape index (κ3) is 4.66. The van der Waals surface area contributed by atoms with Gasteiger partial charge in [0.15, 0.2) is 5.76 Å². The number of hydrogen-bond donors (Lipinski definition) is 0. The van der Waals surface area contributed by atoms with Crippen molar-refractivity contribution in [2.24, 2.45) is 0 Å². The highest BCUT2D eigenvalue weighted by Crippen LogP contribution is 2.36. The Labute approximate surface area is 227 Å². The lowest BCUT2D eigenvalue weighted by molar-refractivity contribution is 0.0518. The lowest BCUT2D eigenvalue weighted by Crippen LogP contribution is -2.50. The van der Waals surface area contributed by atoms with Crippen molar-refractivity contribution in [1.82, 2.24) is 9.80 Å². The van der Waals surface area contributed by atoms with Crippen LogP contribution in [0.1, 0.15) is 36.8 Å². The molecule has 1 saturated heterocycles. The Hall–Kier alpha value is -4.50. The molecular formula is C30H25N3O5S. The molecule has 1 aromatic heterocycles. The van der Waals surface area contributed by atoms with E-state index < -0.39 is 10.8 Å². The molecule has 8 nitrogen and oxygen atoms in total. The molecule has 9 heteroatoms. The second kappa shape index (κ2) is 10.3. The monoisotopic (exact) mass is 539 g/mol. The molecule has 0 saturated carbocycles. The third-order valence-corrected chi connectivity index (χ3v) is 8.53. The van der Waals surface area contributed by atoms with Crippen LogP contribution in [0.4, 0.5) is 5.69 Å². The molecule has 6 rings (SSSR count). The quantitative estimate of drug-likeness (QED) is 0.388. The van der Waals surface area contributed by atoms with Gasteiger partial charge in [0.2, 0.25) is 0 Å². The molecule has 1 fully saturated rings. The highest BCUT2D eigenvalue weighted by molar-refractivity contribution is 7.85. The van der Waals surface area contributed by atoms with E-state index in [0.717, 1.165) is 5.56 Å². The van der Waals surface area contributed by atoms with E-state index in [1.807, 2.05) is 30.3 Å². The summed E-state index contributed by atoms with van der Waals surface area (Å²) in [6.45, 7) is 1.77. The lowest BCUT2D eigenvalue weighted by Gasteiger charge is -2.34. The van der Waals surface area contributed by atoms with Crippen molar-refractivity contribution in [2.75, 3.05) is 31.1 Å². The van der Waals surface area contributed by atoms with Gasteiger partial charge in [0, 0.05) is 31.7 Å². The van der Waals surface area contributed by atoms with Crippen molar-refractivity contribution < 1.29 is 23.0 Å². The molecule has 196 valence electrons. The molecule has 0 unspecified atom stereocenters. The van der Waals surface area contributed by atoms with Crippen LogP contribution in [0.25, 0.3) is 0 Å². The van der Waals surface area contributed by atoms with E-state index in [1.54, 1.807) is 69.3 Å². The molecule has 3 aromatic carbocycles. The van der Waals surface area contributed by atoms with Crippen LogP contribution in [-0.4, -0.2) is 57.9 Å². The van der Waals surface area contributed by atoms with E-state index in [2.05, 4.69) is 0 Å². The molecule has 3 heterocycles. The molecule has 39 heavy (non-hydrogen) atoms.